The van der Waals surface area contributed by atoms with E-state index in [9.17, 15) is 10.5 Å². The van der Waals surface area contributed by atoms with Gasteiger partial charge >= 0.3 is 0 Å². The van der Waals surface area contributed by atoms with Gasteiger partial charge in [0.15, 0.2) is 0 Å². The Morgan fingerprint density at radius 1 is 0.455 bits per heavy atom. The van der Waals surface area contributed by atoms with Crippen molar-refractivity contribution in [2.24, 2.45) is 10.8 Å². The number of unbranched alkanes of at least 4 members (excludes halogenated alkanes) is 4. The quantitative estimate of drug-likeness (QED) is 0.114. The number of hydrogen-bond donors (Lipinski definition) is 0. The van der Waals surface area contributed by atoms with Crippen LogP contribution in [-0.4, -0.2) is 0 Å². The zero-order valence-corrected chi connectivity index (χ0v) is 34.7. The fraction of sp³-hybridized carbons (Fsp3) is 0.509. The second kappa shape index (κ2) is 21.2. The van der Waals surface area contributed by atoms with E-state index >= 15 is 0 Å². The first-order chi connectivity index (χ1) is 26.9. The summed E-state index contributed by atoms with van der Waals surface area (Å²) in [6, 6.07) is 41.6. The molecule has 0 atom stereocenters. The van der Waals surface area contributed by atoms with E-state index in [1.54, 1.807) is 0 Å². The standard InChI is InChI=1S/C27H35N.C26H33N/c1-3-5-6-18-27(21-28)19-16-26(17-20-27)25-14-12-24(13-15-25)23-10-8-22(7-4-2)9-11-23;1-3-5-6-17-26(20-27)18-15-25(16-19-26)24-13-11-23(12-14-24)22-9-7-21(4-2)8-10-22/h8-15,26H,3-7,16-20H2,1-2H3;7-14,25H,3-6,15-19H2,1-2H3. The van der Waals surface area contributed by atoms with Crippen molar-refractivity contribution in [3.63, 3.8) is 0 Å². The third-order valence-corrected chi connectivity index (χ3v) is 13.2. The molecule has 4 aromatic carbocycles. The molecule has 0 saturated heterocycles. The molecule has 2 fully saturated rings. The topological polar surface area (TPSA) is 47.6 Å². The fourth-order valence-electron chi connectivity index (χ4n) is 9.25. The lowest BCUT2D eigenvalue weighted by Crippen LogP contribution is -2.25. The van der Waals surface area contributed by atoms with Gasteiger partial charge in [-0.1, -0.05) is 170 Å². The first-order valence-electron chi connectivity index (χ1n) is 22.1. The van der Waals surface area contributed by atoms with Gasteiger partial charge in [0.05, 0.1) is 23.0 Å². The molecule has 2 nitrogen and oxygen atoms in total. The van der Waals surface area contributed by atoms with Crippen LogP contribution in [-0.2, 0) is 12.8 Å². The molecule has 0 N–H and O–H groups in total. The smallest absolute Gasteiger partial charge is 0.0689 e. The van der Waals surface area contributed by atoms with Crippen LogP contribution in [0.5, 0.6) is 0 Å². The maximum Gasteiger partial charge on any atom is 0.0689 e. The molecule has 0 bridgehead atoms. The van der Waals surface area contributed by atoms with Crippen molar-refractivity contribution in [1.29, 1.82) is 10.5 Å². The van der Waals surface area contributed by atoms with E-state index < -0.39 is 0 Å². The van der Waals surface area contributed by atoms with E-state index in [2.05, 4.69) is 137 Å². The highest BCUT2D eigenvalue weighted by Crippen LogP contribution is 2.47. The van der Waals surface area contributed by atoms with Gasteiger partial charge in [-0.2, -0.15) is 10.5 Å². The summed E-state index contributed by atoms with van der Waals surface area (Å²) in [5.41, 5.74) is 10.8. The minimum Gasteiger partial charge on any atom is -0.198 e. The van der Waals surface area contributed by atoms with E-state index in [-0.39, 0.29) is 10.8 Å². The van der Waals surface area contributed by atoms with E-state index in [0.717, 1.165) is 77.0 Å². The number of aryl methyl sites for hydroxylation is 2. The Hall–Kier alpha value is -4.14. The molecule has 6 rings (SSSR count). The van der Waals surface area contributed by atoms with Crippen molar-refractivity contribution in [1.82, 2.24) is 0 Å². The summed E-state index contributed by atoms with van der Waals surface area (Å²) in [7, 11) is 0. The molecule has 2 aliphatic carbocycles. The maximum absolute atomic E-state index is 9.76. The molecule has 0 radical (unpaired) electrons. The van der Waals surface area contributed by atoms with Crippen LogP contribution in [0.2, 0.25) is 0 Å². The van der Waals surface area contributed by atoms with Crippen molar-refractivity contribution in [3.05, 3.63) is 119 Å². The zero-order valence-electron chi connectivity index (χ0n) is 34.7. The predicted molar refractivity (Wildman–Crippen MR) is 234 cm³/mol. The number of nitrogens with zero attached hydrogens (tertiary/aromatic N) is 2. The Bertz CT molecular complexity index is 1770. The van der Waals surface area contributed by atoms with Gasteiger partial charge in [-0.3, -0.25) is 0 Å². The summed E-state index contributed by atoms with van der Waals surface area (Å²) >= 11 is 0. The lowest BCUT2D eigenvalue weighted by atomic mass is 9.67. The number of nitriles is 2. The average Bonchev–Trinajstić information content (AvgIpc) is 3.25. The van der Waals surface area contributed by atoms with Gasteiger partial charge in [0, 0.05) is 0 Å². The third-order valence-electron chi connectivity index (χ3n) is 13.2. The molecule has 0 unspecified atom stereocenters. The average molecular weight is 733 g/mol. The maximum atomic E-state index is 9.76. The Morgan fingerprint density at radius 2 is 0.800 bits per heavy atom. The fourth-order valence-corrected chi connectivity index (χ4v) is 9.25. The zero-order chi connectivity index (χ0) is 38.9. The predicted octanol–water partition coefficient (Wildman–Crippen LogP) is 15.7. The Balaban J connectivity index is 0.000000211. The molecule has 2 heteroatoms. The highest BCUT2D eigenvalue weighted by atomic mass is 14.4. The van der Waals surface area contributed by atoms with Crippen LogP contribution in [0.15, 0.2) is 97.1 Å². The monoisotopic (exact) mass is 733 g/mol. The van der Waals surface area contributed by atoms with Gasteiger partial charge in [-0.05, 0) is 133 Å². The molecule has 0 spiro atoms. The molecule has 290 valence electrons. The Morgan fingerprint density at radius 3 is 1.11 bits per heavy atom. The van der Waals surface area contributed by atoms with Gasteiger partial charge in [-0.15, -0.1) is 0 Å². The second-order valence-electron chi connectivity index (χ2n) is 17.0. The SMILES string of the molecule is CCCCCC1(C#N)CCC(c2ccc(-c3ccc(CC)cc3)cc2)CC1.CCCCCC1(C#N)CCC(c2ccc(-c3ccc(CCC)cc3)cc2)CC1. The van der Waals surface area contributed by atoms with E-state index in [1.807, 2.05) is 0 Å². The number of benzene rings is 4. The van der Waals surface area contributed by atoms with Crippen LogP contribution in [0.1, 0.15) is 171 Å². The van der Waals surface area contributed by atoms with E-state index in [0.29, 0.717) is 11.8 Å². The lowest BCUT2D eigenvalue weighted by molar-refractivity contribution is 0.223. The molecule has 55 heavy (non-hydrogen) atoms. The largest absolute Gasteiger partial charge is 0.198 e. The second-order valence-corrected chi connectivity index (χ2v) is 17.0. The normalized spacial score (nSPS) is 22.1. The van der Waals surface area contributed by atoms with Crippen molar-refractivity contribution in [3.8, 4) is 34.4 Å². The van der Waals surface area contributed by atoms with Crippen LogP contribution < -0.4 is 0 Å². The summed E-state index contributed by atoms with van der Waals surface area (Å²) in [6.07, 6.45) is 21.9. The van der Waals surface area contributed by atoms with Gasteiger partial charge in [0.2, 0.25) is 0 Å². The molecular weight excluding hydrogens is 665 g/mol. The van der Waals surface area contributed by atoms with Crippen LogP contribution in [0.3, 0.4) is 0 Å². The number of hydrogen-bond acceptors (Lipinski definition) is 2. The summed E-state index contributed by atoms with van der Waals surface area (Å²) < 4.78 is 0. The van der Waals surface area contributed by atoms with Gasteiger partial charge in [0.25, 0.3) is 0 Å². The minimum atomic E-state index is -0.0498. The van der Waals surface area contributed by atoms with Crippen LogP contribution in [0, 0.1) is 33.5 Å². The minimum absolute atomic E-state index is 0.0490. The Labute approximate surface area is 335 Å². The lowest BCUT2D eigenvalue weighted by Gasteiger charge is -2.35. The van der Waals surface area contributed by atoms with Gasteiger partial charge < -0.3 is 0 Å². The molecular formula is C53H68N2. The van der Waals surface area contributed by atoms with Crippen molar-refractivity contribution >= 4 is 0 Å². The highest BCUT2D eigenvalue weighted by molar-refractivity contribution is 5.65. The number of rotatable bonds is 15. The Kier molecular flexibility index (Phi) is 16.2. The van der Waals surface area contributed by atoms with Crippen molar-refractivity contribution < 1.29 is 0 Å². The van der Waals surface area contributed by atoms with Gasteiger partial charge in [0.1, 0.15) is 0 Å². The van der Waals surface area contributed by atoms with Crippen LogP contribution in [0.25, 0.3) is 22.3 Å². The van der Waals surface area contributed by atoms with Crippen LogP contribution in [0.4, 0.5) is 0 Å². The molecule has 2 aliphatic rings. The molecule has 4 aromatic rings. The molecule has 2 saturated carbocycles. The molecule has 0 aliphatic heterocycles. The summed E-state index contributed by atoms with van der Waals surface area (Å²) in [4.78, 5) is 0. The first kappa shape index (κ1) is 42.0. The van der Waals surface area contributed by atoms with Gasteiger partial charge in [-0.25, -0.2) is 0 Å². The molecule has 0 aromatic heterocycles. The summed E-state index contributed by atoms with van der Waals surface area (Å²) in [6.45, 7) is 8.89. The summed E-state index contributed by atoms with van der Waals surface area (Å²) in [5.74, 6) is 1.24. The third kappa shape index (κ3) is 11.7. The highest BCUT2D eigenvalue weighted by Gasteiger charge is 2.36. The summed E-state index contributed by atoms with van der Waals surface area (Å²) in [5, 5.41) is 19.5. The van der Waals surface area contributed by atoms with E-state index in [4.69, 9.17) is 0 Å². The molecule has 0 amide bonds. The first-order valence-corrected chi connectivity index (χ1v) is 22.1. The van der Waals surface area contributed by atoms with Crippen molar-refractivity contribution in [2.45, 2.75) is 162 Å². The van der Waals surface area contributed by atoms with Crippen molar-refractivity contribution in [2.75, 3.05) is 0 Å². The van der Waals surface area contributed by atoms with Crippen LogP contribution >= 0.6 is 0 Å². The van der Waals surface area contributed by atoms with E-state index in [1.165, 1.54) is 89.5 Å². The molecule has 0 heterocycles.